The van der Waals surface area contributed by atoms with Gasteiger partial charge < -0.3 is 15.2 Å². The summed E-state index contributed by atoms with van der Waals surface area (Å²) in [4.78, 5) is 22.5. The van der Waals surface area contributed by atoms with Crippen LogP contribution in [0.15, 0.2) is 0 Å². The van der Waals surface area contributed by atoms with Gasteiger partial charge in [0.25, 0.3) is 0 Å². The van der Waals surface area contributed by atoms with Crippen molar-refractivity contribution < 1.29 is 19.4 Å². The molecule has 2 N–H and O–H groups in total. The number of carbonyl (C=O) groups is 2. The lowest BCUT2D eigenvalue weighted by Gasteiger charge is -2.41. The molecular formula is C10H17NO4. The van der Waals surface area contributed by atoms with E-state index in [4.69, 9.17) is 4.74 Å². The van der Waals surface area contributed by atoms with Crippen molar-refractivity contribution in [2.45, 2.75) is 32.9 Å². The maximum atomic E-state index is 11.4. The minimum atomic E-state index is -0.736. The average molecular weight is 215 g/mol. The fourth-order valence-electron chi connectivity index (χ4n) is 1.79. The van der Waals surface area contributed by atoms with E-state index in [-0.39, 0.29) is 17.9 Å². The van der Waals surface area contributed by atoms with Gasteiger partial charge in [-0.05, 0) is 20.8 Å². The molecule has 1 heterocycles. The Morgan fingerprint density at radius 3 is 2.60 bits per heavy atom. The van der Waals surface area contributed by atoms with Gasteiger partial charge in [-0.15, -0.1) is 0 Å². The Labute approximate surface area is 88.8 Å². The van der Waals surface area contributed by atoms with Crippen molar-refractivity contribution in [1.82, 2.24) is 5.32 Å². The molecule has 1 fully saturated rings. The summed E-state index contributed by atoms with van der Waals surface area (Å²) >= 11 is 0. The number of hydrogen-bond acceptors (Lipinski definition) is 4. The molecule has 1 aliphatic heterocycles. The first-order chi connectivity index (χ1) is 6.99. The molecule has 5 heteroatoms. The second-order valence-electron chi connectivity index (χ2n) is 3.84. The van der Waals surface area contributed by atoms with Crippen LogP contribution in [0, 0.1) is 11.8 Å². The summed E-state index contributed by atoms with van der Waals surface area (Å²) in [5.74, 6) is -1.45. The Morgan fingerprint density at radius 1 is 1.60 bits per heavy atom. The third kappa shape index (κ3) is 2.28. The maximum absolute atomic E-state index is 11.4. The molecule has 4 atom stereocenters. The minimum absolute atomic E-state index is 0.203. The van der Waals surface area contributed by atoms with Crippen LogP contribution in [0.2, 0.25) is 0 Å². The van der Waals surface area contributed by atoms with Crippen LogP contribution in [0.1, 0.15) is 20.8 Å². The first-order valence-corrected chi connectivity index (χ1v) is 5.14. The zero-order valence-corrected chi connectivity index (χ0v) is 9.19. The van der Waals surface area contributed by atoms with E-state index in [1.807, 2.05) is 0 Å². The molecular weight excluding hydrogens is 198 g/mol. The summed E-state index contributed by atoms with van der Waals surface area (Å²) < 4.78 is 4.85. The molecule has 0 aromatic carbocycles. The number of nitrogens with one attached hydrogen (secondary N) is 1. The van der Waals surface area contributed by atoms with Crippen molar-refractivity contribution in [3.8, 4) is 0 Å². The second kappa shape index (κ2) is 4.61. The number of carbonyl (C=O) groups excluding carboxylic acids is 2. The number of amides is 1. The Morgan fingerprint density at radius 2 is 2.20 bits per heavy atom. The molecule has 0 saturated carbocycles. The standard InChI is InChI=1S/C10H17NO4/c1-4-15-10(14)5(2)8-7(6(3)12)9(13)11-8/h5-8,12H,4H2,1-3H3,(H,11,13)/t5?,6?,7-,8-/m0/s1. The quantitative estimate of drug-likeness (QED) is 0.498. The molecule has 15 heavy (non-hydrogen) atoms. The number of esters is 1. The largest absolute Gasteiger partial charge is 0.466 e. The lowest BCUT2D eigenvalue weighted by atomic mass is 9.79. The summed E-state index contributed by atoms with van der Waals surface area (Å²) in [6, 6.07) is -0.309. The first-order valence-electron chi connectivity index (χ1n) is 5.14. The lowest BCUT2D eigenvalue weighted by Crippen LogP contribution is -2.65. The molecule has 0 aromatic rings. The first kappa shape index (κ1) is 12.0. The maximum Gasteiger partial charge on any atom is 0.310 e. The van der Waals surface area contributed by atoms with Gasteiger partial charge in [-0.3, -0.25) is 9.59 Å². The highest BCUT2D eigenvalue weighted by Crippen LogP contribution is 2.26. The molecule has 0 radical (unpaired) electrons. The highest BCUT2D eigenvalue weighted by atomic mass is 16.5. The van der Waals surface area contributed by atoms with E-state index in [0.717, 1.165) is 0 Å². The van der Waals surface area contributed by atoms with E-state index in [9.17, 15) is 14.7 Å². The monoisotopic (exact) mass is 215 g/mol. The Bertz CT molecular complexity index is 264. The summed E-state index contributed by atoms with van der Waals surface area (Å²) in [5.41, 5.74) is 0. The van der Waals surface area contributed by atoms with E-state index >= 15 is 0 Å². The molecule has 0 aliphatic carbocycles. The van der Waals surface area contributed by atoms with E-state index in [1.165, 1.54) is 0 Å². The summed E-state index contributed by atoms with van der Waals surface area (Å²) in [5, 5.41) is 12.0. The van der Waals surface area contributed by atoms with Crippen LogP contribution in [-0.4, -0.2) is 35.7 Å². The van der Waals surface area contributed by atoms with Gasteiger partial charge in [-0.25, -0.2) is 0 Å². The third-order valence-electron chi connectivity index (χ3n) is 2.72. The summed E-state index contributed by atoms with van der Waals surface area (Å²) in [6.45, 7) is 5.30. The predicted molar refractivity (Wildman–Crippen MR) is 52.9 cm³/mol. The van der Waals surface area contributed by atoms with Crippen LogP contribution < -0.4 is 5.32 Å². The molecule has 0 bridgehead atoms. The van der Waals surface area contributed by atoms with Gasteiger partial charge in [-0.2, -0.15) is 0 Å². The third-order valence-corrected chi connectivity index (χ3v) is 2.72. The minimum Gasteiger partial charge on any atom is -0.466 e. The van der Waals surface area contributed by atoms with Crippen LogP contribution in [0.3, 0.4) is 0 Å². The van der Waals surface area contributed by atoms with E-state index < -0.39 is 17.9 Å². The summed E-state index contributed by atoms with van der Waals surface area (Å²) in [7, 11) is 0. The van der Waals surface area contributed by atoms with E-state index in [2.05, 4.69) is 5.32 Å². The van der Waals surface area contributed by atoms with Crippen LogP contribution in [0.25, 0.3) is 0 Å². The SMILES string of the molecule is CCOC(=O)C(C)[C@@H]1NC(=O)[C@H]1C(C)O. The van der Waals surface area contributed by atoms with Crippen molar-refractivity contribution in [3.63, 3.8) is 0 Å². The molecule has 0 spiro atoms. The van der Waals surface area contributed by atoms with Crippen molar-refractivity contribution in [2.75, 3.05) is 6.61 Å². The number of aliphatic hydroxyl groups is 1. The topological polar surface area (TPSA) is 75.6 Å². The highest BCUT2D eigenvalue weighted by Gasteiger charge is 2.47. The molecule has 86 valence electrons. The van der Waals surface area contributed by atoms with Gasteiger partial charge in [0.15, 0.2) is 0 Å². The number of ether oxygens (including phenoxy) is 1. The smallest absolute Gasteiger partial charge is 0.310 e. The number of hydrogen-bond donors (Lipinski definition) is 2. The predicted octanol–water partition coefficient (Wildman–Crippen LogP) is -0.319. The molecule has 5 nitrogen and oxygen atoms in total. The second-order valence-corrected chi connectivity index (χ2v) is 3.84. The molecule has 1 aliphatic rings. The van der Waals surface area contributed by atoms with E-state index in [0.29, 0.717) is 6.61 Å². The summed E-state index contributed by atoms with van der Waals surface area (Å²) in [6.07, 6.45) is -0.736. The Hall–Kier alpha value is -1.10. The van der Waals surface area contributed by atoms with Gasteiger partial charge in [0.2, 0.25) is 5.91 Å². The van der Waals surface area contributed by atoms with Gasteiger partial charge in [0.1, 0.15) is 0 Å². The van der Waals surface area contributed by atoms with Crippen molar-refractivity contribution in [3.05, 3.63) is 0 Å². The van der Waals surface area contributed by atoms with Crippen LogP contribution in [0.5, 0.6) is 0 Å². The van der Waals surface area contributed by atoms with E-state index in [1.54, 1.807) is 20.8 Å². The number of rotatable bonds is 4. The van der Waals surface area contributed by atoms with Crippen molar-refractivity contribution in [1.29, 1.82) is 0 Å². The fraction of sp³-hybridized carbons (Fsp3) is 0.800. The Balaban J connectivity index is 2.58. The van der Waals surface area contributed by atoms with Gasteiger partial charge in [0, 0.05) is 0 Å². The number of aliphatic hydroxyl groups excluding tert-OH is 1. The number of β-lactam (4-membered cyclic amide) rings is 1. The van der Waals surface area contributed by atoms with Gasteiger partial charge >= 0.3 is 5.97 Å². The van der Waals surface area contributed by atoms with Gasteiger partial charge in [0.05, 0.1) is 30.6 Å². The fourth-order valence-corrected chi connectivity index (χ4v) is 1.79. The molecule has 1 saturated heterocycles. The zero-order valence-electron chi connectivity index (χ0n) is 9.19. The molecule has 0 aromatic heterocycles. The molecule has 1 rings (SSSR count). The van der Waals surface area contributed by atoms with Crippen LogP contribution in [-0.2, 0) is 14.3 Å². The van der Waals surface area contributed by atoms with Gasteiger partial charge in [-0.1, -0.05) is 0 Å². The lowest BCUT2D eigenvalue weighted by molar-refractivity contribution is -0.155. The van der Waals surface area contributed by atoms with Crippen molar-refractivity contribution in [2.24, 2.45) is 11.8 Å². The molecule has 1 amide bonds. The van der Waals surface area contributed by atoms with Crippen LogP contribution >= 0.6 is 0 Å². The Kier molecular flexibility index (Phi) is 3.68. The normalized spacial score (nSPS) is 28.7. The highest BCUT2D eigenvalue weighted by molar-refractivity contribution is 5.88. The van der Waals surface area contributed by atoms with Crippen molar-refractivity contribution >= 4 is 11.9 Å². The molecule has 2 unspecified atom stereocenters. The van der Waals surface area contributed by atoms with Crippen LogP contribution in [0.4, 0.5) is 0 Å². The zero-order chi connectivity index (χ0) is 11.6. The average Bonchev–Trinajstić information content (AvgIpc) is 2.12.